The first-order chi connectivity index (χ1) is 16.9. The predicted molar refractivity (Wildman–Crippen MR) is 136 cm³/mol. The quantitative estimate of drug-likeness (QED) is 0.233. The van der Waals surface area contributed by atoms with Crippen molar-refractivity contribution in [3.05, 3.63) is 94.1 Å². The topological polar surface area (TPSA) is 0 Å². The van der Waals surface area contributed by atoms with Gasteiger partial charge in [0.05, 0.1) is 0 Å². The maximum Gasteiger partial charge on any atom is 0.166 e. The maximum atomic E-state index is 14.9. The Labute approximate surface area is 205 Å². The van der Waals surface area contributed by atoms with Crippen LogP contribution in [0.25, 0.3) is 23.3 Å². The van der Waals surface area contributed by atoms with Gasteiger partial charge in [0.1, 0.15) is 0 Å². The fourth-order valence-corrected chi connectivity index (χ4v) is 5.14. The van der Waals surface area contributed by atoms with Crippen LogP contribution in [0.15, 0.2) is 48.5 Å². The van der Waals surface area contributed by atoms with Gasteiger partial charge in [-0.2, -0.15) is 0 Å². The van der Waals surface area contributed by atoms with Crippen molar-refractivity contribution >= 4 is 12.2 Å². The summed E-state index contributed by atoms with van der Waals surface area (Å²) < 4.78 is 58.6. The van der Waals surface area contributed by atoms with E-state index in [1.54, 1.807) is 60.7 Å². The largest absolute Gasteiger partial charge is 0.203 e. The van der Waals surface area contributed by atoms with E-state index in [-0.39, 0.29) is 17.0 Å². The molecule has 3 aromatic rings. The lowest BCUT2D eigenvalue weighted by Gasteiger charge is -2.28. The zero-order chi connectivity index (χ0) is 24.9. The highest BCUT2D eigenvalue weighted by Crippen LogP contribution is 2.38. The van der Waals surface area contributed by atoms with Crippen molar-refractivity contribution in [1.29, 1.82) is 0 Å². The molecule has 0 radical (unpaired) electrons. The van der Waals surface area contributed by atoms with Crippen molar-refractivity contribution in [3.63, 3.8) is 0 Å². The van der Waals surface area contributed by atoms with Crippen LogP contribution in [0.3, 0.4) is 0 Å². The molecule has 1 saturated carbocycles. The van der Waals surface area contributed by atoms with E-state index in [2.05, 4.69) is 6.92 Å². The first-order valence-electron chi connectivity index (χ1n) is 12.7. The summed E-state index contributed by atoms with van der Waals surface area (Å²) in [6, 6.07) is 13.5. The third kappa shape index (κ3) is 5.52. The van der Waals surface area contributed by atoms with Crippen molar-refractivity contribution < 1.29 is 17.6 Å². The molecule has 1 aliphatic carbocycles. The van der Waals surface area contributed by atoms with Crippen molar-refractivity contribution in [3.8, 4) is 11.1 Å². The van der Waals surface area contributed by atoms with E-state index in [1.807, 2.05) is 6.92 Å². The van der Waals surface area contributed by atoms with E-state index >= 15 is 0 Å². The minimum atomic E-state index is -0.847. The molecule has 184 valence electrons. The van der Waals surface area contributed by atoms with Crippen molar-refractivity contribution in [2.24, 2.45) is 5.92 Å². The minimum Gasteiger partial charge on any atom is -0.203 e. The summed E-state index contributed by atoms with van der Waals surface area (Å²) in [5.74, 6) is -2.43. The molecular formula is C31H32F4. The molecule has 3 aromatic carbocycles. The molecule has 0 amide bonds. The third-order valence-electron chi connectivity index (χ3n) is 7.36. The number of hydrogen-bond donors (Lipinski definition) is 0. The summed E-state index contributed by atoms with van der Waals surface area (Å²) in [6.07, 6.45) is 9.56. The molecule has 0 atom stereocenters. The van der Waals surface area contributed by atoms with Crippen molar-refractivity contribution in [2.45, 2.75) is 64.7 Å². The van der Waals surface area contributed by atoms with Gasteiger partial charge in [0, 0.05) is 11.1 Å². The first kappa shape index (κ1) is 25.2. The van der Waals surface area contributed by atoms with E-state index in [0.717, 1.165) is 44.1 Å². The van der Waals surface area contributed by atoms with Crippen molar-refractivity contribution in [2.75, 3.05) is 0 Å². The van der Waals surface area contributed by atoms with Crippen LogP contribution in [0.2, 0.25) is 0 Å². The van der Waals surface area contributed by atoms with Crippen LogP contribution in [-0.4, -0.2) is 0 Å². The smallest absolute Gasteiger partial charge is 0.166 e. The summed E-state index contributed by atoms with van der Waals surface area (Å²) in [5.41, 5.74) is 2.56. The second-order valence-corrected chi connectivity index (χ2v) is 9.60. The average Bonchev–Trinajstić information content (AvgIpc) is 2.88. The van der Waals surface area contributed by atoms with Gasteiger partial charge in [0.25, 0.3) is 0 Å². The normalized spacial score (nSPS) is 18.3. The van der Waals surface area contributed by atoms with Crippen LogP contribution in [0.1, 0.15) is 80.5 Å². The summed E-state index contributed by atoms with van der Waals surface area (Å²) in [5, 5.41) is 0. The molecule has 1 fully saturated rings. The lowest BCUT2D eigenvalue weighted by atomic mass is 9.77. The van der Waals surface area contributed by atoms with Gasteiger partial charge in [-0.3, -0.25) is 0 Å². The van der Waals surface area contributed by atoms with Crippen LogP contribution in [-0.2, 0) is 6.42 Å². The molecule has 4 heteroatoms. The zero-order valence-electron chi connectivity index (χ0n) is 20.4. The summed E-state index contributed by atoms with van der Waals surface area (Å²) >= 11 is 0. The highest BCUT2D eigenvalue weighted by molar-refractivity contribution is 5.72. The highest BCUT2D eigenvalue weighted by atomic mass is 19.2. The third-order valence-corrected chi connectivity index (χ3v) is 7.36. The molecule has 0 N–H and O–H groups in total. The van der Waals surface area contributed by atoms with Gasteiger partial charge >= 0.3 is 0 Å². The molecule has 0 spiro atoms. The van der Waals surface area contributed by atoms with Crippen molar-refractivity contribution in [1.82, 2.24) is 0 Å². The van der Waals surface area contributed by atoms with Gasteiger partial charge < -0.3 is 0 Å². The van der Waals surface area contributed by atoms with Crippen LogP contribution >= 0.6 is 0 Å². The lowest BCUT2D eigenvalue weighted by molar-refractivity contribution is 0.312. The second-order valence-electron chi connectivity index (χ2n) is 9.60. The van der Waals surface area contributed by atoms with Gasteiger partial charge in [0.2, 0.25) is 0 Å². The van der Waals surface area contributed by atoms with Gasteiger partial charge in [0.15, 0.2) is 23.3 Å². The first-order valence-corrected chi connectivity index (χ1v) is 12.7. The van der Waals surface area contributed by atoms with E-state index < -0.39 is 23.3 Å². The Morgan fingerprint density at radius 3 is 2.09 bits per heavy atom. The number of hydrogen-bond acceptors (Lipinski definition) is 0. The lowest BCUT2D eigenvalue weighted by Crippen LogP contribution is -2.14. The Balaban J connectivity index is 1.49. The number of halogens is 4. The summed E-state index contributed by atoms with van der Waals surface area (Å²) in [4.78, 5) is 0. The Morgan fingerprint density at radius 2 is 1.43 bits per heavy atom. The van der Waals surface area contributed by atoms with Gasteiger partial charge in [-0.25, -0.2) is 17.6 Å². The molecule has 35 heavy (non-hydrogen) atoms. The Hall–Kier alpha value is -2.88. The second kappa shape index (κ2) is 11.2. The average molecular weight is 481 g/mol. The minimum absolute atomic E-state index is 0.0825. The zero-order valence-corrected chi connectivity index (χ0v) is 20.4. The van der Waals surface area contributed by atoms with Crippen LogP contribution < -0.4 is 0 Å². The SMILES string of the molecule is CCCc1ccc(-c2ccc(C=Cc3ccc(C4CCC(CC)CC4)c(F)c3F)cc2)c(F)c1F. The fraction of sp³-hybridized carbons (Fsp3) is 0.355. The Bertz CT molecular complexity index is 1190. The highest BCUT2D eigenvalue weighted by Gasteiger charge is 2.25. The molecule has 0 saturated heterocycles. The summed E-state index contributed by atoms with van der Waals surface area (Å²) in [7, 11) is 0. The number of rotatable bonds is 7. The van der Waals surface area contributed by atoms with Crippen LogP contribution in [0.5, 0.6) is 0 Å². The Morgan fingerprint density at radius 1 is 0.714 bits per heavy atom. The molecule has 0 unspecified atom stereocenters. The molecule has 0 aromatic heterocycles. The maximum absolute atomic E-state index is 14.9. The molecule has 0 bridgehead atoms. The number of benzene rings is 3. The van der Waals surface area contributed by atoms with E-state index in [9.17, 15) is 17.6 Å². The molecule has 0 nitrogen and oxygen atoms in total. The van der Waals surface area contributed by atoms with E-state index in [0.29, 0.717) is 29.0 Å². The van der Waals surface area contributed by atoms with E-state index in [1.165, 1.54) is 0 Å². The predicted octanol–water partition coefficient (Wildman–Crippen LogP) is 9.72. The number of aryl methyl sites for hydroxylation is 1. The molecule has 1 aliphatic rings. The summed E-state index contributed by atoms with van der Waals surface area (Å²) in [6.45, 7) is 4.10. The monoisotopic (exact) mass is 480 g/mol. The standard InChI is InChI=1S/C31H32F4/c1-3-5-24-16-18-26(30(34)28(24)32)23-13-8-21(9-14-23)10-15-25-17-19-27(31(35)29(25)33)22-11-6-20(4-2)7-12-22/h8-10,13-20,22H,3-7,11-12H2,1-2H3. The molecular weight excluding hydrogens is 448 g/mol. The van der Waals surface area contributed by atoms with Gasteiger partial charge in [-0.1, -0.05) is 87.4 Å². The van der Waals surface area contributed by atoms with Crippen LogP contribution in [0, 0.1) is 29.2 Å². The van der Waals surface area contributed by atoms with Gasteiger partial charge in [-0.05, 0) is 66.2 Å². The Kier molecular flexibility index (Phi) is 8.10. The van der Waals surface area contributed by atoms with Gasteiger partial charge in [-0.15, -0.1) is 0 Å². The molecule has 4 rings (SSSR count). The van der Waals surface area contributed by atoms with Crippen LogP contribution in [0.4, 0.5) is 17.6 Å². The fourth-order valence-electron chi connectivity index (χ4n) is 5.14. The molecule has 0 aliphatic heterocycles. The van der Waals surface area contributed by atoms with E-state index in [4.69, 9.17) is 0 Å². The molecule has 0 heterocycles.